The first-order chi connectivity index (χ1) is 13.7. The van der Waals surface area contributed by atoms with Crippen LogP contribution in [-0.4, -0.2) is 40.8 Å². The van der Waals surface area contributed by atoms with E-state index in [2.05, 4.69) is 25.9 Å². The summed E-state index contributed by atoms with van der Waals surface area (Å²) < 4.78 is 10.8. The molecule has 0 saturated carbocycles. The molecule has 0 aliphatic carbocycles. The molecular formula is C20H23N5O3. The van der Waals surface area contributed by atoms with Gasteiger partial charge in [-0.3, -0.25) is 4.79 Å². The highest BCUT2D eigenvalue weighted by atomic mass is 16.5. The van der Waals surface area contributed by atoms with Crippen molar-refractivity contribution in [3.05, 3.63) is 59.4 Å². The predicted octanol–water partition coefficient (Wildman–Crippen LogP) is 2.74. The highest BCUT2D eigenvalue weighted by Gasteiger charge is 2.27. The summed E-state index contributed by atoms with van der Waals surface area (Å²) in [6, 6.07) is 13.2. The Morgan fingerprint density at radius 2 is 1.96 bits per heavy atom. The van der Waals surface area contributed by atoms with Crippen molar-refractivity contribution in [1.82, 2.24) is 20.6 Å². The molecule has 28 heavy (non-hydrogen) atoms. The van der Waals surface area contributed by atoms with Gasteiger partial charge in [0.15, 0.2) is 5.82 Å². The van der Waals surface area contributed by atoms with E-state index in [9.17, 15) is 4.79 Å². The smallest absolute Gasteiger partial charge is 0.235 e. The number of anilines is 1. The zero-order valence-corrected chi connectivity index (χ0v) is 16.1. The lowest BCUT2D eigenvalue weighted by atomic mass is 9.96. The SMILES string of the molecule is CCc1ccccc1NC(=O)[C@@H](Cc1cc(OC)ccc1OC)c1nn[nH]n1. The first-order valence-electron chi connectivity index (χ1n) is 8.99. The Balaban J connectivity index is 1.91. The van der Waals surface area contributed by atoms with E-state index < -0.39 is 5.92 Å². The summed E-state index contributed by atoms with van der Waals surface area (Å²) in [4.78, 5) is 13.1. The monoisotopic (exact) mass is 381 g/mol. The molecule has 1 amide bonds. The first kappa shape index (κ1) is 19.3. The van der Waals surface area contributed by atoms with Gasteiger partial charge in [0.1, 0.15) is 17.4 Å². The fourth-order valence-corrected chi connectivity index (χ4v) is 3.05. The second kappa shape index (κ2) is 8.98. The number of para-hydroxylation sites is 1. The Bertz CT molecular complexity index is 927. The topological polar surface area (TPSA) is 102 Å². The number of H-pyrrole nitrogens is 1. The highest BCUT2D eigenvalue weighted by Crippen LogP contribution is 2.29. The largest absolute Gasteiger partial charge is 0.497 e. The van der Waals surface area contributed by atoms with Crippen LogP contribution in [0.3, 0.4) is 0 Å². The number of ether oxygens (including phenoxy) is 2. The molecule has 1 heterocycles. The van der Waals surface area contributed by atoms with Gasteiger partial charge in [0, 0.05) is 5.69 Å². The van der Waals surface area contributed by atoms with Gasteiger partial charge < -0.3 is 14.8 Å². The molecule has 3 rings (SSSR count). The van der Waals surface area contributed by atoms with Crippen LogP contribution in [0.25, 0.3) is 0 Å². The minimum atomic E-state index is -0.648. The number of aromatic nitrogens is 4. The van der Waals surface area contributed by atoms with Crippen LogP contribution in [0.4, 0.5) is 5.69 Å². The number of methoxy groups -OCH3 is 2. The maximum absolute atomic E-state index is 13.1. The molecule has 0 unspecified atom stereocenters. The molecule has 0 radical (unpaired) electrons. The van der Waals surface area contributed by atoms with E-state index in [-0.39, 0.29) is 5.91 Å². The quantitative estimate of drug-likeness (QED) is 0.622. The summed E-state index contributed by atoms with van der Waals surface area (Å²) in [7, 11) is 3.18. The van der Waals surface area contributed by atoms with Crippen LogP contribution in [0, 0.1) is 0 Å². The minimum absolute atomic E-state index is 0.216. The number of rotatable bonds is 8. The van der Waals surface area contributed by atoms with Crippen LogP contribution in [0.5, 0.6) is 11.5 Å². The fraction of sp³-hybridized carbons (Fsp3) is 0.300. The number of tetrazole rings is 1. The minimum Gasteiger partial charge on any atom is -0.497 e. The van der Waals surface area contributed by atoms with Gasteiger partial charge in [0.05, 0.1) is 14.2 Å². The number of amides is 1. The van der Waals surface area contributed by atoms with Gasteiger partial charge >= 0.3 is 0 Å². The molecule has 0 aliphatic rings. The molecule has 0 spiro atoms. The summed E-state index contributed by atoms with van der Waals surface area (Å²) in [5, 5.41) is 17.1. The molecule has 2 aromatic carbocycles. The molecule has 146 valence electrons. The molecule has 3 aromatic rings. The molecular weight excluding hydrogens is 358 g/mol. The summed E-state index contributed by atoms with van der Waals surface area (Å²) in [6.07, 6.45) is 1.15. The number of carbonyl (C=O) groups excluding carboxylic acids is 1. The Hall–Kier alpha value is -3.42. The van der Waals surface area contributed by atoms with Crippen molar-refractivity contribution in [2.45, 2.75) is 25.7 Å². The molecule has 8 nitrogen and oxygen atoms in total. The number of hydrogen-bond acceptors (Lipinski definition) is 6. The van der Waals surface area contributed by atoms with Gasteiger partial charge in [-0.1, -0.05) is 30.3 Å². The predicted molar refractivity (Wildman–Crippen MR) is 105 cm³/mol. The molecule has 0 saturated heterocycles. The Kier molecular flexibility index (Phi) is 6.21. The molecule has 1 atom stereocenters. The highest BCUT2D eigenvalue weighted by molar-refractivity contribution is 5.96. The molecule has 0 aliphatic heterocycles. The number of carbonyl (C=O) groups is 1. The number of aryl methyl sites for hydroxylation is 1. The fourth-order valence-electron chi connectivity index (χ4n) is 3.05. The molecule has 2 N–H and O–H groups in total. The van der Waals surface area contributed by atoms with Gasteiger partial charge in [-0.15, -0.1) is 10.2 Å². The standard InChI is InChI=1S/C20H23N5O3/c1-4-13-7-5-6-8-17(13)21-20(26)16(19-22-24-25-23-19)12-14-11-15(27-2)9-10-18(14)28-3/h5-11,16H,4,12H2,1-3H3,(H,21,26)(H,22,23,24,25)/t16-/m0/s1. The van der Waals surface area contributed by atoms with Gasteiger partial charge in [-0.25, -0.2) is 0 Å². The van der Waals surface area contributed by atoms with Crippen LogP contribution in [0.1, 0.15) is 29.8 Å². The average Bonchev–Trinajstić information content (AvgIpc) is 3.26. The van der Waals surface area contributed by atoms with E-state index in [1.165, 1.54) is 0 Å². The summed E-state index contributed by atoms with van der Waals surface area (Å²) in [6.45, 7) is 2.04. The lowest BCUT2D eigenvalue weighted by Crippen LogP contribution is -2.25. The van der Waals surface area contributed by atoms with Crippen molar-refractivity contribution in [1.29, 1.82) is 0 Å². The number of benzene rings is 2. The van der Waals surface area contributed by atoms with Crippen molar-refractivity contribution < 1.29 is 14.3 Å². The first-order valence-corrected chi connectivity index (χ1v) is 8.99. The van der Waals surface area contributed by atoms with E-state index in [1.807, 2.05) is 49.4 Å². The third kappa shape index (κ3) is 4.28. The van der Waals surface area contributed by atoms with Crippen LogP contribution >= 0.6 is 0 Å². The van der Waals surface area contributed by atoms with Crippen LogP contribution in [0.2, 0.25) is 0 Å². The van der Waals surface area contributed by atoms with E-state index >= 15 is 0 Å². The number of aromatic amines is 1. The van der Waals surface area contributed by atoms with Crippen molar-refractivity contribution in [2.24, 2.45) is 0 Å². The van der Waals surface area contributed by atoms with Gasteiger partial charge in [-0.05, 0) is 48.2 Å². The number of nitrogens with one attached hydrogen (secondary N) is 2. The van der Waals surface area contributed by atoms with Crippen molar-refractivity contribution >= 4 is 11.6 Å². The van der Waals surface area contributed by atoms with Gasteiger partial charge in [-0.2, -0.15) is 5.21 Å². The number of nitrogens with zero attached hydrogens (tertiary/aromatic N) is 3. The summed E-state index contributed by atoms with van der Waals surface area (Å²) in [5.74, 6) is 0.795. The molecule has 0 bridgehead atoms. The molecule has 8 heteroatoms. The third-order valence-electron chi connectivity index (χ3n) is 4.56. The van der Waals surface area contributed by atoms with Crippen LogP contribution in [0.15, 0.2) is 42.5 Å². The Morgan fingerprint density at radius 3 is 2.64 bits per heavy atom. The van der Waals surface area contributed by atoms with E-state index in [0.717, 1.165) is 23.2 Å². The summed E-state index contributed by atoms with van der Waals surface area (Å²) in [5.41, 5.74) is 2.65. The van der Waals surface area contributed by atoms with Crippen molar-refractivity contribution in [3.63, 3.8) is 0 Å². The normalized spacial score (nSPS) is 11.7. The van der Waals surface area contributed by atoms with E-state index in [4.69, 9.17) is 9.47 Å². The Morgan fingerprint density at radius 1 is 1.14 bits per heavy atom. The lowest BCUT2D eigenvalue weighted by molar-refractivity contribution is -0.117. The van der Waals surface area contributed by atoms with Crippen molar-refractivity contribution in [3.8, 4) is 11.5 Å². The van der Waals surface area contributed by atoms with Crippen LogP contribution < -0.4 is 14.8 Å². The van der Waals surface area contributed by atoms with Gasteiger partial charge in [0.2, 0.25) is 5.91 Å². The maximum Gasteiger partial charge on any atom is 0.235 e. The second-order valence-corrected chi connectivity index (χ2v) is 6.20. The second-order valence-electron chi connectivity index (χ2n) is 6.20. The van der Waals surface area contributed by atoms with E-state index in [0.29, 0.717) is 23.7 Å². The van der Waals surface area contributed by atoms with E-state index in [1.54, 1.807) is 14.2 Å². The third-order valence-corrected chi connectivity index (χ3v) is 4.56. The molecule has 1 aromatic heterocycles. The van der Waals surface area contributed by atoms with Gasteiger partial charge in [0.25, 0.3) is 0 Å². The maximum atomic E-state index is 13.1. The Labute approximate surface area is 163 Å². The van der Waals surface area contributed by atoms with Crippen LogP contribution in [-0.2, 0) is 17.6 Å². The van der Waals surface area contributed by atoms with Crippen molar-refractivity contribution in [2.75, 3.05) is 19.5 Å². The lowest BCUT2D eigenvalue weighted by Gasteiger charge is -2.17. The number of hydrogen-bond donors (Lipinski definition) is 2. The summed E-state index contributed by atoms with van der Waals surface area (Å²) >= 11 is 0. The zero-order chi connectivity index (χ0) is 19.9. The molecule has 0 fully saturated rings. The average molecular weight is 381 g/mol. The zero-order valence-electron chi connectivity index (χ0n) is 16.1.